The molecular formula is C15H15NO3S. The van der Waals surface area contributed by atoms with Crippen LogP contribution in [0.5, 0.6) is 0 Å². The third-order valence-corrected chi connectivity index (χ3v) is 4.55. The lowest BCUT2D eigenvalue weighted by Crippen LogP contribution is -2.13. The predicted molar refractivity (Wildman–Crippen MR) is 78.3 cm³/mol. The standard InChI is InChI=1S/C15H15NO3S/c1-10-4-6-13(7-5-10)20(18,19)16-14-8-9-15(17)12(3)11(14)2/h4-9H,1-3H3/b16-14+. The van der Waals surface area contributed by atoms with Crippen molar-refractivity contribution in [2.24, 2.45) is 4.40 Å². The molecular weight excluding hydrogens is 274 g/mol. The quantitative estimate of drug-likeness (QED) is 0.786. The lowest BCUT2D eigenvalue weighted by Gasteiger charge is -2.10. The maximum Gasteiger partial charge on any atom is 0.282 e. The first-order valence-electron chi connectivity index (χ1n) is 6.13. The lowest BCUT2D eigenvalue weighted by molar-refractivity contribution is -0.111. The van der Waals surface area contributed by atoms with Crippen molar-refractivity contribution in [3.8, 4) is 0 Å². The molecule has 1 aliphatic rings. The predicted octanol–water partition coefficient (Wildman–Crippen LogP) is 2.60. The second kappa shape index (κ2) is 5.17. The van der Waals surface area contributed by atoms with E-state index in [4.69, 9.17) is 0 Å². The van der Waals surface area contributed by atoms with Gasteiger partial charge in [-0.1, -0.05) is 17.7 Å². The molecule has 5 heteroatoms. The summed E-state index contributed by atoms with van der Waals surface area (Å²) >= 11 is 0. The SMILES string of the molecule is CC1=C(C)/C(=N/S(=O)(=O)c2ccc(C)cc2)C=CC1=O. The lowest BCUT2D eigenvalue weighted by atomic mass is 9.97. The largest absolute Gasteiger partial charge is 0.290 e. The summed E-state index contributed by atoms with van der Waals surface area (Å²) in [5, 5.41) is 0. The molecule has 0 saturated carbocycles. The number of aryl methyl sites for hydroxylation is 1. The number of benzene rings is 1. The van der Waals surface area contributed by atoms with Gasteiger partial charge in [-0.15, -0.1) is 0 Å². The average Bonchev–Trinajstić information content (AvgIpc) is 2.40. The van der Waals surface area contributed by atoms with Crippen LogP contribution in [0.1, 0.15) is 19.4 Å². The summed E-state index contributed by atoms with van der Waals surface area (Å²) in [6.07, 6.45) is 2.78. The van der Waals surface area contributed by atoms with Gasteiger partial charge in [-0.05, 0) is 50.6 Å². The molecule has 0 saturated heterocycles. The zero-order chi connectivity index (χ0) is 14.9. The van der Waals surface area contributed by atoms with Crippen molar-refractivity contribution in [3.63, 3.8) is 0 Å². The highest BCUT2D eigenvalue weighted by Gasteiger charge is 2.18. The molecule has 1 aromatic rings. The minimum atomic E-state index is -3.76. The van der Waals surface area contributed by atoms with Gasteiger partial charge in [0.2, 0.25) is 0 Å². The van der Waals surface area contributed by atoms with E-state index in [9.17, 15) is 13.2 Å². The van der Waals surface area contributed by atoms with Gasteiger partial charge in [-0.2, -0.15) is 12.8 Å². The smallest absolute Gasteiger partial charge is 0.282 e. The second-order valence-corrected chi connectivity index (χ2v) is 6.32. The van der Waals surface area contributed by atoms with Gasteiger partial charge in [0.1, 0.15) is 0 Å². The van der Waals surface area contributed by atoms with Crippen LogP contribution in [0.2, 0.25) is 0 Å². The molecule has 0 N–H and O–H groups in total. The number of ketones is 1. The Morgan fingerprint density at radius 3 is 2.10 bits per heavy atom. The molecule has 104 valence electrons. The molecule has 0 aromatic heterocycles. The summed E-state index contributed by atoms with van der Waals surface area (Å²) in [5.41, 5.74) is 2.40. The van der Waals surface area contributed by atoms with E-state index in [1.54, 1.807) is 26.0 Å². The third-order valence-electron chi connectivity index (χ3n) is 3.25. The number of carbonyl (C=O) groups excluding carboxylic acids is 1. The van der Waals surface area contributed by atoms with Gasteiger partial charge < -0.3 is 0 Å². The van der Waals surface area contributed by atoms with Crippen LogP contribution in [0, 0.1) is 6.92 Å². The Balaban J connectivity index is 2.47. The number of hydrogen-bond acceptors (Lipinski definition) is 3. The first kappa shape index (κ1) is 14.4. The van der Waals surface area contributed by atoms with Gasteiger partial charge >= 0.3 is 0 Å². The van der Waals surface area contributed by atoms with Crippen LogP contribution >= 0.6 is 0 Å². The fourth-order valence-corrected chi connectivity index (χ4v) is 2.82. The van der Waals surface area contributed by atoms with Crippen molar-refractivity contribution in [2.75, 3.05) is 0 Å². The molecule has 0 radical (unpaired) electrons. The van der Waals surface area contributed by atoms with Crippen LogP contribution in [0.15, 0.2) is 56.9 Å². The molecule has 1 aromatic carbocycles. The topological polar surface area (TPSA) is 63.6 Å². The highest BCUT2D eigenvalue weighted by molar-refractivity contribution is 7.90. The Morgan fingerprint density at radius 1 is 0.900 bits per heavy atom. The Labute approximate surface area is 118 Å². The number of allylic oxidation sites excluding steroid dienone is 4. The summed E-state index contributed by atoms with van der Waals surface area (Å²) in [6, 6.07) is 6.50. The van der Waals surface area contributed by atoms with Crippen LogP contribution < -0.4 is 0 Å². The molecule has 4 nitrogen and oxygen atoms in total. The molecule has 0 spiro atoms. The first-order chi connectivity index (χ1) is 9.31. The maximum atomic E-state index is 12.2. The number of rotatable bonds is 2. The summed E-state index contributed by atoms with van der Waals surface area (Å²) in [7, 11) is -3.76. The maximum absolute atomic E-state index is 12.2. The number of carbonyl (C=O) groups is 1. The molecule has 0 atom stereocenters. The third kappa shape index (κ3) is 2.77. The average molecular weight is 289 g/mol. The van der Waals surface area contributed by atoms with Crippen LogP contribution in [0.4, 0.5) is 0 Å². The van der Waals surface area contributed by atoms with Crippen LogP contribution in [0.3, 0.4) is 0 Å². The Hall–Kier alpha value is -2.01. The van der Waals surface area contributed by atoms with E-state index in [1.807, 2.05) is 6.92 Å². The fourth-order valence-electron chi connectivity index (χ4n) is 1.77. The van der Waals surface area contributed by atoms with Gasteiger partial charge in [0.25, 0.3) is 10.0 Å². The molecule has 0 bridgehead atoms. The van der Waals surface area contributed by atoms with Crippen LogP contribution in [-0.2, 0) is 14.8 Å². The van der Waals surface area contributed by atoms with E-state index in [0.717, 1.165) is 5.56 Å². The van der Waals surface area contributed by atoms with Crippen molar-refractivity contribution >= 4 is 21.5 Å². The molecule has 0 heterocycles. The van der Waals surface area contributed by atoms with Crippen LogP contribution in [-0.4, -0.2) is 19.9 Å². The van der Waals surface area contributed by atoms with Gasteiger partial charge in [0.15, 0.2) is 5.78 Å². The Morgan fingerprint density at radius 2 is 1.50 bits per heavy atom. The van der Waals surface area contributed by atoms with Gasteiger partial charge in [0.05, 0.1) is 10.6 Å². The molecule has 1 aliphatic carbocycles. The van der Waals surface area contributed by atoms with Crippen molar-refractivity contribution in [3.05, 3.63) is 53.1 Å². The van der Waals surface area contributed by atoms with E-state index in [1.165, 1.54) is 24.3 Å². The minimum absolute atomic E-state index is 0.116. The van der Waals surface area contributed by atoms with Gasteiger partial charge in [-0.3, -0.25) is 4.79 Å². The van der Waals surface area contributed by atoms with E-state index >= 15 is 0 Å². The first-order valence-corrected chi connectivity index (χ1v) is 7.57. The summed E-state index contributed by atoms with van der Waals surface area (Å²) < 4.78 is 28.3. The molecule has 0 unspecified atom stereocenters. The number of hydrogen-bond donors (Lipinski definition) is 0. The zero-order valence-corrected chi connectivity index (χ0v) is 12.4. The minimum Gasteiger partial charge on any atom is -0.290 e. The van der Waals surface area contributed by atoms with E-state index in [-0.39, 0.29) is 10.7 Å². The van der Waals surface area contributed by atoms with Crippen molar-refractivity contribution < 1.29 is 13.2 Å². The van der Waals surface area contributed by atoms with E-state index in [0.29, 0.717) is 16.9 Å². The number of nitrogens with zero attached hydrogens (tertiary/aromatic N) is 1. The van der Waals surface area contributed by atoms with Crippen molar-refractivity contribution in [1.29, 1.82) is 0 Å². The van der Waals surface area contributed by atoms with Crippen LogP contribution in [0.25, 0.3) is 0 Å². The zero-order valence-electron chi connectivity index (χ0n) is 11.5. The normalized spacial score (nSPS) is 17.9. The Bertz CT molecular complexity index is 751. The summed E-state index contributed by atoms with van der Waals surface area (Å²) in [6.45, 7) is 5.24. The van der Waals surface area contributed by atoms with E-state index < -0.39 is 10.0 Å². The van der Waals surface area contributed by atoms with Gasteiger partial charge in [0, 0.05) is 5.57 Å². The molecule has 0 aliphatic heterocycles. The van der Waals surface area contributed by atoms with Gasteiger partial charge in [-0.25, -0.2) is 0 Å². The molecule has 0 fully saturated rings. The van der Waals surface area contributed by atoms with Crippen molar-refractivity contribution in [1.82, 2.24) is 0 Å². The second-order valence-electron chi connectivity index (χ2n) is 4.71. The molecule has 20 heavy (non-hydrogen) atoms. The summed E-state index contributed by atoms with van der Waals surface area (Å²) in [4.78, 5) is 11.6. The van der Waals surface area contributed by atoms with E-state index in [2.05, 4.69) is 4.40 Å². The Kier molecular flexibility index (Phi) is 3.72. The fraction of sp³-hybridized carbons (Fsp3) is 0.200. The highest BCUT2D eigenvalue weighted by atomic mass is 32.2. The molecule has 0 amide bonds. The highest BCUT2D eigenvalue weighted by Crippen LogP contribution is 2.19. The number of sulfonamides is 1. The summed E-state index contributed by atoms with van der Waals surface area (Å²) in [5.74, 6) is -0.116. The monoisotopic (exact) mass is 289 g/mol. The molecule has 2 rings (SSSR count). The van der Waals surface area contributed by atoms with Crippen molar-refractivity contribution in [2.45, 2.75) is 25.7 Å².